The molecule has 0 aromatic heterocycles. The monoisotopic (exact) mass is 348 g/mol. The zero-order valence-electron chi connectivity index (χ0n) is 11.4. The van der Waals surface area contributed by atoms with Gasteiger partial charge in [0.25, 0.3) is 10.1 Å². The molecule has 2 rings (SSSR count). The first-order chi connectivity index (χ1) is 10.6. The van der Waals surface area contributed by atoms with E-state index in [4.69, 9.17) is 4.55 Å². The summed E-state index contributed by atoms with van der Waals surface area (Å²) in [4.78, 5) is 11.8. The van der Waals surface area contributed by atoms with Crippen LogP contribution in [0.2, 0.25) is 0 Å². The molecule has 0 saturated heterocycles. The summed E-state index contributed by atoms with van der Waals surface area (Å²) < 4.78 is 72.1. The molecule has 2 aromatic rings. The first kappa shape index (κ1) is 17.2. The molecule has 1 N–H and O–H groups in total. The Bertz CT molecular complexity index is 830. The SMILES string of the molecule is O=C(OCC(C(F)(F)F)S(=O)(=O)O)c1ccc2ccccc2c1. The van der Waals surface area contributed by atoms with Crippen LogP contribution in [0.15, 0.2) is 42.5 Å². The number of fused-ring (bicyclic) bond motifs is 1. The van der Waals surface area contributed by atoms with E-state index < -0.39 is 34.1 Å². The number of carbonyl (C=O) groups excluding carboxylic acids is 1. The van der Waals surface area contributed by atoms with Gasteiger partial charge in [-0.05, 0) is 22.9 Å². The highest BCUT2D eigenvalue weighted by atomic mass is 32.2. The first-order valence-corrected chi connectivity index (χ1v) is 7.78. The Kier molecular flexibility index (Phi) is 4.62. The van der Waals surface area contributed by atoms with E-state index in [2.05, 4.69) is 4.74 Å². The number of rotatable bonds is 4. The van der Waals surface area contributed by atoms with E-state index in [-0.39, 0.29) is 5.56 Å². The largest absolute Gasteiger partial charge is 0.460 e. The fraction of sp³-hybridized carbons (Fsp3) is 0.214. The van der Waals surface area contributed by atoms with E-state index in [1.165, 1.54) is 12.1 Å². The van der Waals surface area contributed by atoms with Crippen LogP contribution in [0.4, 0.5) is 13.2 Å². The molecule has 0 saturated carbocycles. The van der Waals surface area contributed by atoms with Crippen LogP contribution in [0.25, 0.3) is 10.8 Å². The van der Waals surface area contributed by atoms with Gasteiger partial charge in [-0.2, -0.15) is 21.6 Å². The Hall–Kier alpha value is -2.13. The first-order valence-electron chi connectivity index (χ1n) is 6.28. The Labute approximate surface area is 129 Å². The molecule has 1 unspecified atom stereocenters. The molecule has 0 bridgehead atoms. The molecule has 9 heteroatoms. The van der Waals surface area contributed by atoms with Crippen molar-refractivity contribution in [3.05, 3.63) is 48.0 Å². The molecular weight excluding hydrogens is 337 g/mol. The number of hydrogen-bond donors (Lipinski definition) is 1. The van der Waals surface area contributed by atoms with Gasteiger partial charge in [-0.15, -0.1) is 0 Å². The number of carbonyl (C=O) groups is 1. The van der Waals surface area contributed by atoms with Crippen LogP contribution >= 0.6 is 0 Å². The van der Waals surface area contributed by atoms with Gasteiger partial charge in [-0.3, -0.25) is 4.55 Å². The molecule has 5 nitrogen and oxygen atoms in total. The predicted molar refractivity (Wildman–Crippen MR) is 75.6 cm³/mol. The van der Waals surface area contributed by atoms with Crippen LogP contribution in [0, 0.1) is 0 Å². The van der Waals surface area contributed by atoms with E-state index in [1.807, 2.05) is 0 Å². The second-order valence-corrected chi connectivity index (χ2v) is 6.30. The van der Waals surface area contributed by atoms with E-state index in [0.717, 1.165) is 5.39 Å². The third kappa shape index (κ3) is 4.20. The van der Waals surface area contributed by atoms with Crippen LogP contribution in [-0.4, -0.2) is 37.0 Å². The predicted octanol–water partition coefficient (Wildman–Crippen LogP) is 2.82. The minimum absolute atomic E-state index is 0.0278. The number of ether oxygens (including phenoxy) is 1. The fourth-order valence-electron chi connectivity index (χ4n) is 1.90. The lowest BCUT2D eigenvalue weighted by Crippen LogP contribution is -2.40. The molecule has 0 aliphatic rings. The third-order valence-electron chi connectivity index (χ3n) is 3.08. The van der Waals surface area contributed by atoms with Crippen LogP contribution in [0.5, 0.6) is 0 Å². The third-order valence-corrected chi connectivity index (χ3v) is 4.20. The zero-order chi connectivity index (χ0) is 17.3. The topological polar surface area (TPSA) is 80.7 Å². The maximum atomic E-state index is 12.5. The summed E-state index contributed by atoms with van der Waals surface area (Å²) in [5.74, 6) is -1.12. The van der Waals surface area contributed by atoms with E-state index in [9.17, 15) is 26.4 Å². The summed E-state index contributed by atoms with van der Waals surface area (Å²) in [5, 5.41) is -1.70. The number of hydrogen-bond acceptors (Lipinski definition) is 4. The lowest BCUT2D eigenvalue weighted by atomic mass is 10.1. The number of halogens is 3. The lowest BCUT2D eigenvalue weighted by Gasteiger charge is -2.17. The molecule has 0 fully saturated rings. The van der Waals surface area contributed by atoms with Crippen molar-refractivity contribution in [1.82, 2.24) is 0 Å². The zero-order valence-corrected chi connectivity index (χ0v) is 12.3. The summed E-state index contributed by atoms with van der Waals surface area (Å²) >= 11 is 0. The van der Waals surface area contributed by atoms with Gasteiger partial charge < -0.3 is 4.74 Å². The van der Waals surface area contributed by atoms with Gasteiger partial charge >= 0.3 is 12.1 Å². The minimum Gasteiger partial charge on any atom is -0.460 e. The summed E-state index contributed by atoms with van der Waals surface area (Å²) in [6.45, 7) is -1.52. The molecule has 1 atom stereocenters. The Balaban J connectivity index is 2.17. The average molecular weight is 348 g/mol. The molecular formula is C14H11F3O5S. The quantitative estimate of drug-likeness (QED) is 0.679. The van der Waals surface area contributed by atoms with Gasteiger partial charge in [0.05, 0.1) is 5.56 Å². The van der Waals surface area contributed by atoms with Crippen molar-refractivity contribution in [2.24, 2.45) is 0 Å². The number of alkyl halides is 3. The molecule has 0 aliphatic carbocycles. The molecule has 2 aromatic carbocycles. The van der Waals surface area contributed by atoms with Gasteiger partial charge in [-0.1, -0.05) is 30.3 Å². The Morgan fingerprint density at radius 3 is 2.30 bits per heavy atom. The summed E-state index contributed by atoms with van der Waals surface area (Å²) in [5.41, 5.74) is -0.0278. The standard InChI is InChI=1S/C14H11F3O5S/c15-14(16,17)12(23(19,20)21)8-22-13(18)11-6-5-9-3-1-2-4-10(9)7-11/h1-7,12H,8H2,(H,19,20,21). The molecule has 0 radical (unpaired) electrons. The maximum Gasteiger partial charge on any atom is 0.411 e. The normalized spacial score (nSPS) is 13.7. The number of benzene rings is 2. The summed E-state index contributed by atoms with van der Waals surface area (Å²) in [6, 6.07) is 11.3. The van der Waals surface area contributed by atoms with Crippen molar-refractivity contribution >= 4 is 26.9 Å². The molecule has 0 heterocycles. The van der Waals surface area contributed by atoms with Crippen molar-refractivity contribution in [2.75, 3.05) is 6.61 Å². The van der Waals surface area contributed by atoms with Crippen molar-refractivity contribution < 1.29 is 35.7 Å². The van der Waals surface area contributed by atoms with Crippen molar-refractivity contribution in [1.29, 1.82) is 0 Å². The highest BCUT2D eigenvalue weighted by molar-refractivity contribution is 7.86. The fourth-order valence-corrected chi connectivity index (χ4v) is 2.48. The minimum atomic E-state index is -5.44. The van der Waals surface area contributed by atoms with E-state index >= 15 is 0 Å². The summed E-state index contributed by atoms with van der Waals surface area (Å²) in [7, 11) is -5.44. The number of esters is 1. The van der Waals surface area contributed by atoms with Crippen molar-refractivity contribution in [3.8, 4) is 0 Å². The molecule has 124 valence electrons. The van der Waals surface area contributed by atoms with Crippen molar-refractivity contribution in [2.45, 2.75) is 11.4 Å². The maximum absolute atomic E-state index is 12.5. The van der Waals surface area contributed by atoms with E-state index in [0.29, 0.717) is 5.39 Å². The molecule has 0 amide bonds. The van der Waals surface area contributed by atoms with Crippen LogP contribution in [0.1, 0.15) is 10.4 Å². The second kappa shape index (κ2) is 6.17. The lowest BCUT2D eigenvalue weighted by molar-refractivity contribution is -0.138. The molecule has 23 heavy (non-hydrogen) atoms. The van der Waals surface area contributed by atoms with Gasteiger partial charge in [0, 0.05) is 0 Å². The van der Waals surface area contributed by atoms with Gasteiger partial charge in [0.1, 0.15) is 6.61 Å². The van der Waals surface area contributed by atoms with Gasteiger partial charge in [-0.25, -0.2) is 4.79 Å². The smallest absolute Gasteiger partial charge is 0.411 e. The van der Waals surface area contributed by atoms with Crippen LogP contribution in [-0.2, 0) is 14.9 Å². The van der Waals surface area contributed by atoms with E-state index in [1.54, 1.807) is 30.3 Å². The second-order valence-electron chi connectivity index (χ2n) is 4.71. The molecule has 0 aliphatic heterocycles. The average Bonchev–Trinajstić information content (AvgIpc) is 2.43. The highest BCUT2D eigenvalue weighted by Crippen LogP contribution is 2.26. The van der Waals surface area contributed by atoms with Crippen LogP contribution < -0.4 is 0 Å². The highest BCUT2D eigenvalue weighted by Gasteiger charge is 2.49. The summed E-state index contributed by atoms with van der Waals surface area (Å²) in [6.07, 6.45) is -5.25. The van der Waals surface area contributed by atoms with Gasteiger partial charge in [0.2, 0.25) is 5.25 Å². The molecule has 0 spiro atoms. The Morgan fingerprint density at radius 2 is 1.74 bits per heavy atom. The van der Waals surface area contributed by atoms with Crippen molar-refractivity contribution in [3.63, 3.8) is 0 Å². The van der Waals surface area contributed by atoms with Gasteiger partial charge in [0.15, 0.2) is 0 Å². The van der Waals surface area contributed by atoms with Crippen LogP contribution in [0.3, 0.4) is 0 Å². The Morgan fingerprint density at radius 1 is 1.13 bits per heavy atom.